The number of anilines is 1. The summed E-state index contributed by atoms with van der Waals surface area (Å²) in [5.41, 5.74) is 2.49. The Morgan fingerprint density at radius 3 is 2.80 bits per heavy atom. The zero-order chi connectivity index (χ0) is 11.3. The molecule has 1 aromatic rings. The lowest BCUT2D eigenvalue weighted by atomic mass is 10.2. The van der Waals surface area contributed by atoms with Gasteiger partial charge in [0.15, 0.2) is 5.16 Å². The summed E-state index contributed by atoms with van der Waals surface area (Å²) in [6.07, 6.45) is 1.90. The Morgan fingerprint density at radius 2 is 2.27 bits per heavy atom. The van der Waals surface area contributed by atoms with Gasteiger partial charge in [-0.25, -0.2) is 10.8 Å². The quantitative estimate of drug-likeness (QED) is 0.344. The summed E-state index contributed by atoms with van der Waals surface area (Å²) in [7, 11) is 0. The first kappa shape index (κ1) is 12.1. The van der Waals surface area contributed by atoms with Crippen molar-refractivity contribution in [3.05, 3.63) is 6.07 Å². The van der Waals surface area contributed by atoms with Crippen LogP contribution in [0, 0.1) is 5.92 Å². The highest BCUT2D eigenvalue weighted by molar-refractivity contribution is 7.98. The minimum atomic E-state index is 0.465. The van der Waals surface area contributed by atoms with Crippen molar-refractivity contribution in [3.63, 3.8) is 0 Å². The van der Waals surface area contributed by atoms with Crippen LogP contribution in [0.15, 0.2) is 11.2 Å². The van der Waals surface area contributed by atoms with Crippen LogP contribution in [0.1, 0.15) is 13.8 Å². The van der Waals surface area contributed by atoms with E-state index in [4.69, 9.17) is 10.6 Å². The van der Waals surface area contributed by atoms with Crippen molar-refractivity contribution < 1.29 is 4.74 Å². The number of aromatic nitrogens is 2. The van der Waals surface area contributed by atoms with Crippen LogP contribution in [0.5, 0.6) is 5.88 Å². The molecule has 0 aliphatic rings. The fourth-order valence-corrected chi connectivity index (χ4v) is 1.27. The summed E-state index contributed by atoms with van der Waals surface area (Å²) in [6.45, 7) is 4.80. The molecule has 0 bridgehead atoms. The maximum atomic E-state index is 5.49. The van der Waals surface area contributed by atoms with Crippen molar-refractivity contribution in [3.8, 4) is 5.88 Å². The molecule has 1 rings (SSSR count). The minimum Gasteiger partial charge on any atom is -0.477 e. The van der Waals surface area contributed by atoms with Crippen LogP contribution in [0.2, 0.25) is 0 Å². The van der Waals surface area contributed by atoms with Crippen molar-refractivity contribution in [2.45, 2.75) is 19.0 Å². The average Bonchev–Trinajstić information content (AvgIpc) is 2.25. The Kier molecular flexibility index (Phi) is 4.64. The Morgan fingerprint density at radius 1 is 1.53 bits per heavy atom. The number of nitrogen functional groups attached to an aromatic ring is 1. The molecule has 5 nitrogen and oxygen atoms in total. The fraction of sp³-hybridized carbons (Fsp3) is 0.556. The van der Waals surface area contributed by atoms with Gasteiger partial charge in [0.25, 0.3) is 0 Å². The fourth-order valence-electron chi connectivity index (χ4n) is 0.895. The maximum absolute atomic E-state index is 5.49. The summed E-state index contributed by atoms with van der Waals surface area (Å²) in [6, 6.07) is 1.68. The summed E-state index contributed by atoms with van der Waals surface area (Å²) in [5, 5.41) is 0.643. The summed E-state index contributed by atoms with van der Waals surface area (Å²) in [4.78, 5) is 8.34. The Bertz CT molecular complexity index is 297. The predicted molar refractivity (Wildman–Crippen MR) is 62.0 cm³/mol. The Labute approximate surface area is 93.8 Å². The molecule has 84 valence electrons. The largest absolute Gasteiger partial charge is 0.477 e. The highest BCUT2D eigenvalue weighted by Gasteiger charge is 2.04. The van der Waals surface area contributed by atoms with E-state index >= 15 is 0 Å². The molecule has 1 heterocycles. The van der Waals surface area contributed by atoms with Crippen molar-refractivity contribution in [1.82, 2.24) is 9.97 Å². The third-order valence-corrected chi connectivity index (χ3v) is 2.12. The lowest BCUT2D eigenvalue weighted by Crippen LogP contribution is -2.11. The molecule has 0 atom stereocenters. The van der Waals surface area contributed by atoms with Gasteiger partial charge < -0.3 is 10.2 Å². The van der Waals surface area contributed by atoms with E-state index in [0.717, 1.165) is 0 Å². The van der Waals surface area contributed by atoms with Gasteiger partial charge in [-0.2, -0.15) is 4.98 Å². The van der Waals surface area contributed by atoms with Crippen molar-refractivity contribution >= 4 is 17.6 Å². The number of thioether (sulfide) groups is 1. The van der Waals surface area contributed by atoms with Crippen molar-refractivity contribution in [2.24, 2.45) is 11.8 Å². The Balaban J connectivity index is 2.77. The first-order valence-electron chi connectivity index (χ1n) is 4.68. The highest BCUT2D eigenvalue weighted by Crippen LogP contribution is 2.18. The van der Waals surface area contributed by atoms with Crippen molar-refractivity contribution in [1.29, 1.82) is 0 Å². The molecular weight excluding hydrogens is 212 g/mol. The van der Waals surface area contributed by atoms with Crippen LogP contribution >= 0.6 is 11.8 Å². The summed E-state index contributed by atoms with van der Waals surface area (Å²) in [5.74, 6) is 6.87. The second-order valence-corrected chi connectivity index (χ2v) is 4.20. The summed E-state index contributed by atoms with van der Waals surface area (Å²) >= 11 is 1.45. The molecule has 0 aliphatic heterocycles. The molecule has 0 amide bonds. The second kappa shape index (κ2) is 5.77. The lowest BCUT2D eigenvalue weighted by Gasteiger charge is -2.09. The normalized spacial score (nSPS) is 10.5. The first-order valence-corrected chi connectivity index (χ1v) is 5.90. The second-order valence-electron chi connectivity index (χ2n) is 3.43. The number of ether oxygens (including phenoxy) is 1. The van der Waals surface area contributed by atoms with E-state index in [1.807, 2.05) is 6.26 Å². The average molecular weight is 228 g/mol. The van der Waals surface area contributed by atoms with E-state index in [9.17, 15) is 0 Å². The van der Waals surface area contributed by atoms with Gasteiger partial charge in [0.05, 0.1) is 6.61 Å². The zero-order valence-electron chi connectivity index (χ0n) is 9.15. The van der Waals surface area contributed by atoms with Crippen LogP contribution in [-0.2, 0) is 0 Å². The number of nitrogens with one attached hydrogen (secondary N) is 1. The van der Waals surface area contributed by atoms with E-state index < -0.39 is 0 Å². The number of hydrogen-bond acceptors (Lipinski definition) is 6. The van der Waals surface area contributed by atoms with E-state index in [0.29, 0.717) is 29.4 Å². The SMILES string of the molecule is CSc1nc(NN)cc(OCC(C)C)n1. The number of rotatable bonds is 5. The van der Waals surface area contributed by atoms with Crippen LogP contribution < -0.4 is 16.0 Å². The molecule has 0 aliphatic carbocycles. The molecule has 0 radical (unpaired) electrons. The molecule has 0 fully saturated rings. The smallest absolute Gasteiger partial charge is 0.219 e. The van der Waals surface area contributed by atoms with E-state index in [1.165, 1.54) is 11.8 Å². The monoisotopic (exact) mass is 228 g/mol. The maximum Gasteiger partial charge on any atom is 0.219 e. The molecule has 0 saturated carbocycles. The molecule has 0 saturated heterocycles. The van der Waals surface area contributed by atoms with Crippen LogP contribution in [0.3, 0.4) is 0 Å². The van der Waals surface area contributed by atoms with E-state index in [2.05, 4.69) is 29.2 Å². The van der Waals surface area contributed by atoms with Gasteiger partial charge in [0.2, 0.25) is 5.88 Å². The Hall–Kier alpha value is -1.01. The lowest BCUT2D eigenvalue weighted by molar-refractivity contribution is 0.259. The van der Waals surface area contributed by atoms with E-state index in [1.54, 1.807) is 6.07 Å². The third-order valence-electron chi connectivity index (χ3n) is 1.58. The molecule has 0 spiro atoms. The molecular formula is C9H16N4OS. The molecule has 1 aromatic heterocycles. The number of hydrogen-bond donors (Lipinski definition) is 2. The standard InChI is InChI=1S/C9H16N4OS/c1-6(2)5-14-8-4-7(13-10)11-9(12-8)15-3/h4,6H,5,10H2,1-3H3,(H,11,12,13). The number of hydrazine groups is 1. The van der Waals surface area contributed by atoms with Crippen molar-refractivity contribution in [2.75, 3.05) is 18.3 Å². The van der Waals surface area contributed by atoms with Gasteiger partial charge in [-0.15, -0.1) is 0 Å². The van der Waals surface area contributed by atoms with Crippen LogP contribution in [-0.4, -0.2) is 22.8 Å². The molecule has 0 unspecified atom stereocenters. The summed E-state index contributed by atoms with van der Waals surface area (Å²) < 4.78 is 5.49. The molecule has 6 heteroatoms. The molecule has 3 N–H and O–H groups in total. The number of nitrogens with zero attached hydrogens (tertiary/aromatic N) is 2. The highest BCUT2D eigenvalue weighted by atomic mass is 32.2. The minimum absolute atomic E-state index is 0.465. The first-order chi connectivity index (χ1) is 7.15. The third kappa shape index (κ3) is 3.93. The predicted octanol–water partition coefficient (Wildman–Crippen LogP) is 1.52. The molecule has 15 heavy (non-hydrogen) atoms. The zero-order valence-corrected chi connectivity index (χ0v) is 9.97. The topological polar surface area (TPSA) is 73.1 Å². The van der Waals surface area contributed by atoms with Gasteiger partial charge >= 0.3 is 0 Å². The molecule has 0 aromatic carbocycles. The van der Waals surface area contributed by atoms with Gasteiger partial charge in [0, 0.05) is 6.07 Å². The van der Waals surface area contributed by atoms with Gasteiger partial charge in [-0.1, -0.05) is 25.6 Å². The van der Waals surface area contributed by atoms with Crippen LogP contribution in [0.4, 0.5) is 5.82 Å². The van der Waals surface area contributed by atoms with Crippen LogP contribution in [0.25, 0.3) is 0 Å². The number of nitrogens with two attached hydrogens (primary N) is 1. The van der Waals surface area contributed by atoms with E-state index in [-0.39, 0.29) is 0 Å². The van der Waals surface area contributed by atoms with Gasteiger partial charge in [-0.05, 0) is 12.2 Å². The van der Waals surface area contributed by atoms with Gasteiger partial charge in [0.1, 0.15) is 5.82 Å². The van der Waals surface area contributed by atoms with Gasteiger partial charge in [-0.3, -0.25) is 0 Å².